The van der Waals surface area contributed by atoms with Crippen molar-refractivity contribution in [2.24, 2.45) is 5.41 Å². The summed E-state index contributed by atoms with van der Waals surface area (Å²) in [7, 11) is 0. The highest BCUT2D eigenvalue weighted by atomic mass is 16.3. The zero-order chi connectivity index (χ0) is 13.3. The Kier molecular flexibility index (Phi) is 3.11. The molecule has 0 radical (unpaired) electrons. The summed E-state index contributed by atoms with van der Waals surface area (Å²) in [6.07, 6.45) is 5.69. The van der Waals surface area contributed by atoms with Gasteiger partial charge >= 0.3 is 0 Å². The molecule has 1 heterocycles. The van der Waals surface area contributed by atoms with E-state index in [-0.39, 0.29) is 5.41 Å². The molecule has 2 aromatic rings. The maximum Gasteiger partial charge on any atom is 0.103 e. The van der Waals surface area contributed by atoms with Crippen molar-refractivity contribution in [3.8, 4) is 5.69 Å². The quantitative estimate of drug-likeness (QED) is 0.919. The minimum atomic E-state index is -0.509. The van der Waals surface area contributed by atoms with E-state index in [1.807, 2.05) is 30.3 Å². The molecule has 0 aliphatic heterocycles. The number of aliphatic hydroxyl groups is 1. The molecular formula is C15H19N3O. The third-order valence-corrected chi connectivity index (χ3v) is 4.26. The van der Waals surface area contributed by atoms with Crippen LogP contribution in [0, 0.1) is 5.41 Å². The Labute approximate surface area is 113 Å². The zero-order valence-corrected chi connectivity index (χ0v) is 11.2. The molecule has 3 rings (SSSR count). The van der Waals surface area contributed by atoms with Crippen molar-refractivity contribution < 1.29 is 5.11 Å². The number of hydrogen-bond acceptors (Lipinski definition) is 3. The molecule has 1 aliphatic carbocycles. The SMILES string of the molecule is CC1(C(O)c2cnnn2-c2ccccc2)CCCC1. The average molecular weight is 257 g/mol. The van der Waals surface area contributed by atoms with E-state index in [4.69, 9.17) is 0 Å². The molecular weight excluding hydrogens is 238 g/mol. The Morgan fingerprint density at radius 3 is 2.58 bits per heavy atom. The first-order valence-electron chi connectivity index (χ1n) is 6.85. The largest absolute Gasteiger partial charge is 0.386 e. The van der Waals surface area contributed by atoms with E-state index in [0.29, 0.717) is 0 Å². The van der Waals surface area contributed by atoms with E-state index in [2.05, 4.69) is 17.2 Å². The number of para-hydroxylation sites is 1. The Morgan fingerprint density at radius 2 is 1.89 bits per heavy atom. The van der Waals surface area contributed by atoms with Gasteiger partial charge in [0.1, 0.15) is 6.10 Å². The fourth-order valence-electron chi connectivity index (χ4n) is 3.01. The van der Waals surface area contributed by atoms with Gasteiger partial charge in [-0.1, -0.05) is 43.2 Å². The topological polar surface area (TPSA) is 50.9 Å². The van der Waals surface area contributed by atoms with Crippen LogP contribution in [0.15, 0.2) is 36.5 Å². The summed E-state index contributed by atoms with van der Waals surface area (Å²) in [5, 5.41) is 18.8. The maximum atomic E-state index is 10.7. The van der Waals surface area contributed by atoms with Crippen molar-refractivity contribution >= 4 is 0 Å². The highest BCUT2D eigenvalue weighted by molar-refractivity contribution is 5.32. The van der Waals surface area contributed by atoms with Gasteiger partial charge in [0.15, 0.2) is 0 Å². The predicted octanol–water partition coefficient (Wildman–Crippen LogP) is 2.88. The van der Waals surface area contributed by atoms with Gasteiger partial charge in [-0.25, -0.2) is 4.68 Å². The first kappa shape index (κ1) is 12.4. The van der Waals surface area contributed by atoms with Crippen LogP contribution in [-0.4, -0.2) is 20.1 Å². The van der Waals surface area contributed by atoms with Gasteiger partial charge in [0.2, 0.25) is 0 Å². The van der Waals surface area contributed by atoms with Crippen LogP contribution in [0.3, 0.4) is 0 Å². The summed E-state index contributed by atoms with van der Waals surface area (Å²) in [4.78, 5) is 0. The third-order valence-electron chi connectivity index (χ3n) is 4.26. The Morgan fingerprint density at radius 1 is 1.21 bits per heavy atom. The van der Waals surface area contributed by atoms with Gasteiger partial charge in [0.05, 0.1) is 17.6 Å². The predicted molar refractivity (Wildman–Crippen MR) is 72.9 cm³/mol. The number of benzene rings is 1. The molecule has 0 amide bonds. The molecule has 4 nitrogen and oxygen atoms in total. The van der Waals surface area contributed by atoms with E-state index < -0.39 is 6.10 Å². The van der Waals surface area contributed by atoms with Crippen LogP contribution in [0.2, 0.25) is 0 Å². The van der Waals surface area contributed by atoms with Gasteiger partial charge in [-0.3, -0.25) is 0 Å². The van der Waals surface area contributed by atoms with Gasteiger partial charge in [-0.2, -0.15) is 0 Å². The minimum absolute atomic E-state index is 0.0474. The van der Waals surface area contributed by atoms with E-state index in [9.17, 15) is 5.11 Å². The lowest BCUT2D eigenvalue weighted by Gasteiger charge is -2.29. The molecule has 0 saturated heterocycles. The molecule has 1 saturated carbocycles. The van der Waals surface area contributed by atoms with E-state index >= 15 is 0 Å². The Bertz CT molecular complexity index is 544. The smallest absolute Gasteiger partial charge is 0.103 e. The summed E-state index contributed by atoms with van der Waals surface area (Å²) in [5.41, 5.74) is 1.68. The van der Waals surface area contributed by atoms with Gasteiger partial charge in [0, 0.05) is 0 Å². The van der Waals surface area contributed by atoms with Crippen molar-refractivity contribution in [1.29, 1.82) is 0 Å². The van der Waals surface area contributed by atoms with Crippen molar-refractivity contribution in [2.45, 2.75) is 38.7 Å². The normalized spacial score (nSPS) is 19.5. The molecule has 0 bridgehead atoms. The zero-order valence-electron chi connectivity index (χ0n) is 11.2. The van der Waals surface area contributed by atoms with E-state index in [1.165, 1.54) is 12.8 Å². The summed E-state index contributed by atoms with van der Waals surface area (Å²) in [5.74, 6) is 0. The monoisotopic (exact) mass is 257 g/mol. The molecule has 1 aromatic heterocycles. The molecule has 100 valence electrons. The lowest BCUT2D eigenvalue weighted by Crippen LogP contribution is -2.24. The number of aliphatic hydroxyl groups excluding tert-OH is 1. The maximum absolute atomic E-state index is 10.7. The first-order valence-corrected chi connectivity index (χ1v) is 6.85. The van der Waals surface area contributed by atoms with Gasteiger partial charge in [-0.05, 0) is 30.4 Å². The number of rotatable bonds is 3. The van der Waals surface area contributed by atoms with Gasteiger partial charge < -0.3 is 5.11 Å². The number of aromatic nitrogens is 3. The molecule has 1 unspecified atom stereocenters. The van der Waals surface area contributed by atoms with Crippen molar-refractivity contribution in [3.05, 3.63) is 42.2 Å². The fraction of sp³-hybridized carbons (Fsp3) is 0.467. The van der Waals surface area contributed by atoms with Crippen LogP contribution in [0.25, 0.3) is 5.69 Å². The second-order valence-corrected chi connectivity index (χ2v) is 5.67. The summed E-state index contributed by atoms with van der Waals surface area (Å²) in [6, 6.07) is 9.84. The fourth-order valence-corrected chi connectivity index (χ4v) is 3.01. The first-order chi connectivity index (χ1) is 9.21. The molecule has 4 heteroatoms. The standard InChI is InChI=1S/C15H19N3O/c1-15(9-5-6-10-15)14(19)13-11-16-17-18(13)12-7-3-2-4-8-12/h2-4,7-8,11,14,19H,5-6,9-10H2,1H3. The second-order valence-electron chi connectivity index (χ2n) is 5.67. The average Bonchev–Trinajstić information content (AvgIpc) is 3.08. The van der Waals surface area contributed by atoms with Crippen LogP contribution in [0.5, 0.6) is 0 Å². The lowest BCUT2D eigenvalue weighted by atomic mass is 9.81. The van der Waals surface area contributed by atoms with Gasteiger partial charge in [0.25, 0.3) is 0 Å². The lowest BCUT2D eigenvalue weighted by molar-refractivity contribution is 0.0354. The molecule has 1 aromatic carbocycles. The number of nitrogens with zero attached hydrogens (tertiary/aromatic N) is 3. The van der Waals surface area contributed by atoms with Crippen LogP contribution < -0.4 is 0 Å². The van der Waals surface area contributed by atoms with Crippen molar-refractivity contribution in [1.82, 2.24) is 15.0 Å². The molecule has 19 heavy (non-hydrogen) atoms. The minimum Gasteiger partial charge on any atom is -0.386 e. The van der Waals surface area contributed by atoms with Gasteiger partial charge in [-0.15, -0.1) is 5.10 Å². The van der Waals surface area contributed by atoms with Crippen LogP contribution >= 0.6 is 0 Å². The Balaban J connectivity index is 1.96. The third kappa shape index (κ3) is 2.16. The molecule has 1 atom stereocenters. The van der Waals surface area contributed by atoms with E-state index in [0.717, 1.165) is 24.2 Å². The Hall–Kier alpha value is -1.68. The highest BCUT2D eigenvalue weighted by Gasteiger charge is 2.38. The summed E-state index contributed by atoms with van der Waals surface area (Å²) >= 11 is 0. The number of hydrogen-bond donors (Lipinski definition) is 1. The second kappa shape index (κ2) is 4.78. The van der Waals surface area contributed by atoms with Crippen LogP contribution in [0.4, 0.5) is 0 Å². The van der Waals surface area contributed by atoms with Crippen molar-refractivity contribution in [3.63, 3.8) is 0 Å². The summed E-state index contributed by atoms with van der Waals surface area (Å²) in [6.45, 7) is 2.16. The highest BCUT2D eigenvalue weighted by Crippen LogP contribution is 2.47. The van der Waals surface area contributed by atoms with Crippen molar-refractivity contribution in [2.75, 3.05) is 0 Å². The van der Waals surface area contributed by atoms with Crippen LogP contribution in [0.1, 0.15) is 44.4 Å². The van der Waals surface area contributed by atoms with Crippen LogP contribution in [-0.2, 0) is 0 Å². The van der Waals surface area contributed by atoms with E-state index in [1.54, 1.807) is 10.9 Å². The molecule has 1 N–H and O–H groups in total. The molecule has 0 spiro atoms. The summed E-state index contributed by atoms with van der Waals surface area (Å²) < 4.78 is 1.74. The molecule has 1 aliphatic rings. The molecule has 1 fully saturated rings.